The summed E-state index contributed by atoms with van der Waals surface area (Å²) in [6.07, 6.45) is -2.47. The van der Waals surface area contributed by atoms with Crippen LogP contribution in [-0.2, 0) is 23.1 Å². The minimum atomic E-state index is -4.71. The SMILES string of the molecule is COC(=O)c1ccc(C2CC(O)(c3ccc(OCc4c(-c5c(Cl)cccc5Cl)nsc4C4CC4)cc3C(F)(F)F)C2)cc1. The number of aliphatic hydroxyl groups is 1. The quantitative estimate of drug-likeness (QED) is 0.193. The zero-order chi connectivity index (χ0) is 30.5. The van der Waals surface area contributed by atoms with E-state index in [-0.39, 0.29) is 36.7 Å². The fourth-order valence-electron chi connectivity index (χ4n) is 5.68. The normalized spacial score (nSPS) is 20.0. The molecule has 0 bridgehead atoms. The molecule has 0 atom stereocenters. The van der Waals surface area contributed by atoms with Crippen LogP contribution in [0.3, 0.4) is 0 Å². The van der Waals surface area contributed by atoms with Gasteiger partial charge in [0.25, 0.3) is 0 Å². The first-order chi connectivity index (χ1) is 20.5. The monoisotopic (exact) mass is 647 g/mol. The number of carbonyl (C=O) groups excluding carboxylic acids is 1. The van der Waals surface area contributed by atoms with Crippen LogP contribution in [0.15, 0.2) is 60.7 Å². The maximum absolute atomic E-state index is 14.3. The second kappa shape index (κ2) is 11.4. The average molecular weight is 649 g/mol. The van der Waals surface area contributed by atoms with Crippen molar-refractivity contribution in [3.8, 4) is 17.0 Å². The molecule has 0 radical (unpaired) electrons. The molecule has 5 nitrogen and oxygen atoms in total. The standard InChI is InChI=1S/C32H26Cl2F3NO4S/c1-41-30(39)19-9-5-17(6-10-19)20-14-31(40,15-20)23-12-11-21(13-24(23)32(35,36)37)42-16-22-28(38-43-29(22)18-7-8-18)27-25(33)3-2-4-26(27)34/h2-6,9-13,18,20,40H,7-8,14-16H2,1H3. The van der Waals surface area contributed by atoms with Crippen LogP contribution >= 0.6 is 34.7 Å². The first-order valence-corrected chi connectivity index (χ1v) is 15.2. The number of rotatable bonds is 8. The van der Waals surface area contributed by atoms with Crippen molar-refractivity contribution in [2.24, 2.45) is 0 Å². The van der Waals surface area contributed by atoms with Gasteiger partial charge in [-0.3, -0.25) is 0 Å². The van der Waals surface area contributed by atoms with Gasteiger partial charge in [-0.25, -0.2) is 4.79 Å². The topological polar surface area (TPSA) is 68.7 Å². The van der Waals surface area contributed by atoms with Gasteiger partial charge in [0.1, 0.15) is 12.4 Å². The summed E-state index contributed by atoms with van der Waals surface area (Å²) in [5, 5.41) is 12.1. The predicted molar refractivity (Wildman–Crippen MR) is 159 cm³/mol. The molecule has 0 aliphatic heterocycles. The molecule has 1 N–H and O–H groups in total. The van der Waals surface area contributed by atoms with Crippen LogP contribution in [0, 0.1) is 0 Å². The minimum Gasteiger partial charge on any atom is -0.489 e. The van der Waals surface area contributed by atoms with E-state index in [2.05, 4.69) is 4.37 Å². The van der Waals surface area contributed by atoms with Gasteiger partial charge in [-0.05, 0) is 96.6 Å². The van der Waals surface area contributed by atoms with Crippen LogP contribution < -0.4 is 4.74 Å². The van der Waals surface area contributed by atoms with Gasteiger partial charge in [0.15, 0.2) is 0 Å². The highest BCUT2D eigenvalue weighted by Crippen LogP contribution is 2.54. The molecular formula is C32H26Cl2F3NO4S. The van der Waals surface area contributed by atoms with E-state index >= 15 is 0 Å². The van der Waals surface area contributed by atoms with E-state index in [1.165, 1.54) is 30.8 Å². The molecule has 3 aromatic carbocycles. The van der Waals surface area contributed by atoms with Crippen molar-refractivity contribution >= 4 is 40.7 Å². The lowest BCUT2D eigenvalue weighted by Crippen LogP contribution is -2.41. The third-order valence-corrected chi connectivity index (χ3v) is 9.80. The second-order valence-electron chi connectivity index (χ2n) is 11.0. The lowest BCUT2D eigenvalue weighted by molar-refractivity contribution is -0.143. The van der Waals surface area contributed by atoms with Crippen molar-refractivity contribution in [1.29, 1.82) is 0 Å². The number of benzene rings is 3. The van der Waals surface area contributed by atoms with Gasteiger partial charge < -0.3 is 14.6 Å². The van der Waals surface area contributed by atoms with E-state index in [0.717, 1.165) is 34.9 Å². The molecule has 0 amide bonds. The molecule has 1 heterocycles. The fraction of sp³-hybridized carbons (Fsp3) is 0.312. The zero-order valence-corrected chi connectivity index (χ0v) is 25.2. The summed E-state index contributed by atoms with van der Waals surface area (Å²) >= 11 is 14.2. The maximum atomic E-state index is 14.3. The van der Waals surface area contributed by atoms with Crippen LogP contribution in [-0.4, -0.2) is 22.6 Å². The van der Waals surface area contributed by atoms with Crippen molar-refractivity contribution < 1.29 is 32.5 Å². The van der Waals surface area contributed by atoms with Gasteiger partial charge >= 0.3 is 12.1 Å². The van der Waals surface area contributed by atoms with Crippen molar-refractivity contribution in [3.63, 3.8) is 0 Å². The third-order valence-electron chi connectivity index (χ3n) is 8.12. The van der Waals surface area contributed by atoms with Crippen LogP contribution in [0.5, 0.6) is 5.75 Å². The van der Waals surface area contributed by atoms with E-state index in [9.17, 15) is 23.1 Å². The Morgan fingerprint density at radius 1 is 1.05 bits per heavy atom. The summed E-state index contributed by atoms with van der Waals surface area (Å²) in [5.74, 6) is -0.276. The molecule has 1 aromatic heterocycles. The van der Waals surface area contributed by atoms with E-state index in [1.807, 2.05) is 0 Å². The van der Waals surface area contributed by atoms with E-state index in [1.54, 1.807) is 42.5 Å². The molecule has 0 spiro atoms. The third kappa shape index (κ3) is 5.88. The number of aromatic nitrogens is 1. The van der Waals surface area contributed by atoms with E-state index in [4.69, 9.17) is 32.7 Å². The Balaban J connectivity index is 1.24. The fourth-order valence-corrected chi connectivity index (χ4v) is 7.30. The largest absolute Gasteiger partial charge is 0.489 e. The Bertz CT molecular complexity index is 1660. The summed E-state index contributed by atoms with van der Waals surface area (Å²) in [6, 6.07) is 15.5. The lowest BCUT2D eigenvalue weighted by Gasteiger charge is -2.45. The van der Waals surface area contributed by atoms with Crippen LogP contribution in [0.1, 0.15) is 75.0 Å². The van der Waals surface area contributed by atoms with Crippen molar-refractivity contribution in [1.82, 2.24) is 4.37 Å². The summed E-state index contributed by atoms with van der Waals surface area (Å²) in [5.41, 5.74) is 0.335. The first-order valence-electron chi connectivity index (χ1n) is 13.7. The molecule has 11 heteroatoms. The molecule has 0 saturated heterocycles. The first kappa shape index (κ1) is 29.9. The van der Waals surface area contributed by atoms with Crippen LogP contribution in [0.25, 0.3) is 11.3 Å². The Morgan fingerprint density at radius 2 is 1.72 bits per heavy atom. The Hall–Kier alpha value is -3.11. The lowest BCUT2D eigenvalue weighted by atomic mass is 9.64. The predicted octanol–water partition coefficient (Wildman–Crippen LogP) is 9.14. The highest BCUT2D eigenvalue weighted by atomic mass is 35.5. The number of nitrogens with zero attached hydrogens (tertiary/aromatic N) is 1. The second-order valence-corrected chi connectivity index (χ2v) is 12.6. The number of hydrogen-bond acceptors (Lipinski definition) is 6. The number of methoxy groups -OCH3 is 1. The molecule has 2 saturated carbocycles. The minimum absolute atomic E-state index is 0.0101. The average Bonchev–Trinajstić information content (AvgIpc) is 3.73. The molecule has 2 aliphatic rings. The van der Waals surface area contributed by atoms with Crippen molar-refractivity contribution in [2.75, 3.05) is 7.11 Å². The molecule has 2 aliphatic carbocycles. The number of esters is 1. The molecule has 2 fully saturated rings. The van der Waals surface area contributed by atoms with E-state index in [0.29, 0.717) is 32.8 Å². The molecule has 4 aromatic rings. The Kier molecular flexibility index (Phi) is 7.96. The van der Waals surface area contributed by atoms with Gasteiger partial charge in [-0.15, -0.1) is 0 Å². The summed E-state index contributed by atoms with van der Waals surface area (Å²) in [6.45, 7) is -0.0101. The van der Waals surface area contributed by atoms with Gasteiger partial charge in [0.2, 0.25) is 0 Å². The van der Waals surface area contributed by atoms with Gasteiger partial charge in [-0.1, -0.05) is 47.5 Å². The summed E-state index contributed by atoms with van der Waals surface area (Å²) in [4.78, 5) is 12.7. The number of alkyl halides is 3. The maximum Gasteiger partial charge on any atom is 0.416 e. The zero-order valence-electron chi connectivity index (χ0n) is 22.9. The van der Waals surface area contributed by atoms with Gasteiger partial charge in [0.05, 0.1) is 39.6 Å². The van der Waals surface area contributed by atoms with E-state index < -0.39 is 23.3 Å². The molecular weight excluding hydrogens is 622 g/mol. The Morgan fingerprint density at radius 3 is 2.33 bits per heavy atom. The van der Waals surface area contributed by atoms with Crippen molar-refractivity contribution in [2.45, 2.75) is 55.9 Å². The highest BCUT2D eigenvalue weighted by molar-refractivity contribution is 7.06. The van der Waals surface area contributed by atoms with Gasteiger partial charge in [-0.2, -0.15) is 17.5 Å². The van der Waals surface area contributed by atoms with Crippen LogP contribution in [0.2, 0.25) is 10.0 Å². The van der Waals surface area contributed by atoms with Crippen molar-refractivity contribution in [3.05, 3.63) is 103 Å². The molecule has 0 unspecified atom stereocenters. The molecule has 43 heavy (non-hydrogen) atoms. The highest BCUT2D eigenvalue weighted by Gasteiger charge is 2.49. The number of hydrogen-bond donors (Lipinski definition) is 1. The smallest absolute Gasteiger partial charge is 0.416 e. The Labute approximate surface area is 260 Å². The number of halogens is 5. The van der Waals surface area contributed by atoms with Crippen LogP contribution in [0.4, 0.5) is 13.2 Å². The van der Waals surface area contributed by atoms with Gasteiger partial charge in [0, 0.05) is 16.0 Å². The summed E-state index contributed by atoms with van der Waals surface area (Å²) < 4.78 is 58.2. The summed E-state index contributed by atoms with van der Waals surface area (Å²) in [7, 11) is 1.29. The number of carbonyl (C=O) groups is 1. The molecule has 6 rings (SSSR count). The number of ether oxygens (including phenoxy) is 2. The molecule has 224 valence electrons.